The molecular weight excluding hydrogens is 525 g/mol. The van der Waals surface area contributed by atoms with Crippen molar-refractivity contribution in [2.75, 3.05) is 13.2 Å². The third-order valence-electron chi connectivity index (χ3n) is 9.12. The van der Waals surface area contributed by atoms with Gasteiger partial charge in [-0.25, -0.2) is 14.7 Å². The number of rotatable bonds is 6. The lowest BCUT2D eigenvalue weighted by Gasteiger charge is -2.62. The van der Waals surface area contributed by atoms with Crippen molar-refractivity contribution in [3.63, 3.8) is 0 Å². The molecule has 5 rings (SSSR count). The first kappa shape index (κ1) is 29.2. The highest BCUT2D eigenvalue weighted by Crippen LogP contribution is 2.65. The summed E-state index contributed by atoms with van der Waals surface area (Å²) in [4.78, 5) is 25.2. The van der Waals surface area contributed by atoms with Crippen molar-refractivity contribution < 1.29 is 28.1 Å². The summed E-state index contributed by atoms with van der Waals surface area (Å²) in [6.45, 7) is 15.6. The van der Waals surface area contributed by atoms with Crippen LogP contribution < -0.4 is 5.09 Å². The molecule has 0 radical (unpaired) electrons. The number of nitrogens with one attached hydrogen (secondary N) is 1. The van der Waals surface area contributed by atoms with Crippen LogP contribution in [0, 0.1) is 22.7 Å². The molecule has 2 aliphatic carbocycles. The standard InChI is InChI=1S/C32H42NO6P/c1-21-12-15-25-31(5,24(21)14-13-23-17-19-36-28(23)34)18-16-26-32(25,6)20-37-40(39-26)33-27(22-10-8-7-9-11-22)29(35)38-30(2,3)4/h7-11,13-14,17,24-27,33H,1,12,15-16,18-20H2,2-6H3/b14-13+/t24?,25?,26-,27?,31-,32+,40?/m1/s1. The van der Waals surface area contributed by atoms with E-state index in [9.17, 15) is 9.59 Å². The van der Waals surface area contributed by atoms with Crippen LogP contribution >= 0.6 is 8.53 Å². The maximum Gasteiger partial charge on any atom is 0.338 e. The van der Waals surface area contributed by atoms with Gasteiger partial charge in [0.05, 0.1) is 18.3 Å². The zero-order valence-corrected chi connectivity index (χ0v) is 25.2. The molecule has 0 spiro atoms. The molecule has 8 heteroatoms. The van der Waals surface area contributed by atoms with Gasteiger partial charge >= 0.3 is 11.9 Å². The summed E-state index contributed by atoms with van der Waals surface area (Å²) in [5, 5.41) is 3.37. The Morgan fingerprint density at radius 3 is 2.62 bits per heavy atom. The Morgan fingerprint density at radius 2 is 1.95 bits per heavy atom. The van der Waals surface area contributed by atoms with Crippen LogP contribution in [-0.2, 0) is 28.1 Å². The van der Waals surface area contributed by atoms with Gasteiger partial charge in [-0.3, -0.25) is 0 Å². The van der Waals surface area contributed by atoms with Gasteiger partial charge in [0.1, 0.15) is 18.2 Å². The fraction of sp³-hybridized carbons (Fsp3) is 0.562. The van der Waals surface area contributed by atoms with Crippen molar-refractivity contribution in [1.29, 1.82) is 0 Å². The first-order valence-corrected chi connectivity index (χ1v) is 15.5. The van der Waals surface area contributed by atoms with Crippen LogP contribution in [0.15, 0.2) is 66.3 Å². The molecule has 0 amide bonds. The molecule has 1 saturated heterocycles. The molecule has 2 saturated carbocycles. The number of cyclic esters (lactones) is 1. The van der Waals surface area contributed by atoms with E-state index in [2.05, 4.69) is 31.6 Å². The van der Waals surface area contributed by atoms with Crippen LogP contribution in [0.2, 0.25) is 0 Å². The fourth-order valence-corrected chi connectivity index (χ4v) is 8.76. The van der Waals surface area contributed by atoms with Crippen LogP contribution in [0.1, 0.15) is 71.9 Å². The maximum atomic E-state index is 13.2. The molecule has 7 nitrogen and oxygen atoms in total. The average molecular weight is 568 g/mol. The van der Waals surface area contributed by atoms with Gasteiger partial charge in [-0.05, 0) is 69.4 Å². The summed E-state index contributed by atoms with van der Waals surface area (Å²) in [5.74, 6) is -0.0874. The topological polar surface area (TPSA) is 83.1 Å². The molecule has 4 unspecified atom stereocenters. The van der Waals surface area contributed by atoms with E-state index in [0.717, 1.165) is 31.2 Å². The second kappa shape index (κ2) is 11.2. The van der Waals surface area contributed by atoms with Crippen molar-refractivity contribution in [2.45, 2.75) is 78.0 Å². The number of fused-ring (bicyclic) bond motifs is 3. The summed E-state index contributed by atoms with van der Waals surface area (Å²) in [6, 6.07) is 8.90. The van der Waals surface area contributed by atoms with E-state index in [1.54, 1.807) is 0 Å². The normalized spacial score (nSPS) is 35.0. The molecule has 1 N–H and O–H groups in total. The average Bonchev–Trinajstić information content (AvgIpc) is 3.30. The fourth-order valence-electron chi connectivity index (χ4n) is 7.13. The van der Waals surface area contributed by atoms with Crippen LogP contribution in [0.4, 0.5) is 0 Å². The largest absolute Gasteiger partial charge is 0.459 e. The molecule has 7 atom stereocenters. The van der Waals surface area contributed by atoms with Crippen molar-refractivity contribution in [3.05, 3.63) is 71.8 Å². The Balaban J connectivity index is 1.32. The minimum atomic E-state index is -1.50. The summed E-state index contributed by atoms with van der Waals surface area (Å²) >= 11 is 0. The summed E-state index contributed by atoms with van der Waals surface area (Å²) in [5.41, 5.74) is 1.84. The van der Waals surface area contributed by atoms with Crippen molar-refractivity contribution in [1.82, 2.24) is 5.09 Å². The van der Waals surface area contributed by atoms with Gasteiger partial charge in [0.25, 0.3) is 8.53 Å². The number of carbonyl (C=O) groups is 2. The number of hydrogen-bond acceptors (Lipinski definition) is 7. The Bertz CT molecular complexity index is 1210. The Morgan fingerprint density at radius 1 is 1.20 bits per heavy atom. The van der Waals surface area contributed by atoms with Crippen LogP contribution in [0.5, 0.6) is 0 Å². The smallest absolute Gasteiger partial charge is 0.338 e. The van der Waals surface area contributed by atoms with E-state index in [0.29, 0.717) is 24.7 Å². The van der Waals surface area contributed by atoms with E-state index in [-0.39, 0.29) is 34.8 Å². The van der Waals surface area contributed by atoms with E-state index in [4.69, 9.17) is 18.5 Å². The summed E-state index contributed by atoms with van der Waals surface area (Å²) in [7, 11) is -1.50. The minimum absolute atomic E-state index is 0.0107. The second-order valence-corrected chi connectivity index (χ2v) is 14.3. The lowest BCUT2D eigenvalue weighted by atomic mass is 9.46. The SMILES string of the molecule is C=C1CCC2[C@](C)(CC[C@H]3OP(NC(C(=O)OC(C)(C)C)c4ccccc4)OC[C@@]23C)C1/C=C/C1=CCOC1=O. The molecule has 2 aliphatic heterocycles. The zero-order chi connectivity index (χ0) is 28.7. The van der Waals surface area contributed by atoms with Crippen LogP contribution in [0.3, 0.4) is 0 Å². The molecule has 3 fully saturated rings. The molecule has 40 heavy (non-hydrogen) atoms. The van der Waals surface area contributed by atoms with Gasteiger partial charge in [0, 0.05) is 11.3 Å². The van der Waals surface area contributed by atoms with Gasteiger partial charge < -0.3 is 18.5 Å². The number of ether oxygens (including phenoxy) is 2. The number of benzene rings is 1. The number of hydrogen-bond donors (Lipinski definition) is 1. The van der Waals surface area contributed by atoms with Crippen molar-refractivity contribution in [2.24, 2.45) is 22.7 Å². The van der Waals surface area contributed by atoms with Crippen molar-refractivity contribution >= 4 is 20.5 Å². The highest BCUT2D eigenvalue weighted by molar-refractivity contribution is 7.45. The lowest BCUT2D eigenvalue weighted by molar-refractivity contribution is -0.159. The van der Waals surface area contributed by atoms with Gasteiger partial charge in [0.15, 0.2) is 0 Å². The summed E-state index contributed by atoms with van der Waals surface area (Å²) in [6.07, 6.45) is 9.76. The van der Waals surface area contributed by atoms with Crippen molar-refractivity contribution in [3.8, 4) is 0 Å². The third kappa shape index (κ3) is 5.72. The molecular formula is C32H42NO6P. The molecule has 0 aromatic heterocycles. The highest BCUT2D eigenvalue weighted by Gasteiger charge is 2.60. The quantitative estimate of drug-likeness (QED) is 0.232. The van der Waals surface area contributed by atoms with Gasteiger partial charge in [-0.1, -0.05) is 68.5 Å². The molecule has 1 aromatic carbocycles. The predicted molar refractivity (Wildman–Crippen MR) is 155 cm³/mol. The number of esters is 2. The van der Waals surface area contributed by atoms with E-state index < -0.39 is 20.2 Å². The Kier molecular flexibility index (Phi) is 8.15. The van der Waals surface area contributed by atoms with Gasteiger partial charge in [0.2, 0.25) is 0 Å². The third-order valence-corrected chi connectivity index (χ3v) is 10.4. The molecule has 216 valence electrons. The molecule has 2 heterocycles. The minimum Gasteiger partial charge on any atom is -0.459 e. The van der Waals surface area contributed by atoms with Crippen LogP contribution in [0.25, 0.3) is 0 Å². The first-order valence-electron chi connectivity index (χ1n) is 14.3. The van der Waals surface area contributed by atoms with E-state index in [1.807, 2.05) is 63.3 Å². The number of carbonyl (C=O) groups excluding carboxylic acids is 2. The second-order valence-electron chi connectivity index (χ2n) is 13.0. The predicted octanol–water partition coefficient (Wildman–Crippen LogP) is 6.73. The molecule has 0 bridgehead atoms. The van der Waals surface area contributed by atoms with Crippen LogP contribution in [-0.4, -0.2) is 36.9 Å². The van der Waals surface area contributed by atoms with Gasteiger partial charge in [-0.2, -0.15) is 0 Å². The monoisotopic (exact) mass is 567 g/mol. The maximum absolute atomic E-state index is 13.2. The zero-order valence-electron chi connectivity index (χ0n) is 24.3. The highest BCUT2D eigenvalue weighted by atomic mass is 31.2. The lowest BCUT2D eigenvalue weighted by Crippen LogP contribution is -2.59. The molecule has 1 aromatic rings. The summed E-state index contributed by atoms with van der Waals surface area (Å²) < 4.78 is 23.9. The Labute approximate surface area is 239 Å². The van der Waals surface area contributed by atoms with Gasteiger partial charge in [-0.15, -0.1) is 0 Å². The van der Waals surface area contributed by atoms with E-state index in [1.165, 1.54) is 5.57 Å². The Hall–Kier alpha value is -2.31. The van der Waals surface area contributed by atoms with E-state index >= 15 is 0 Å². The number of allylic oxidation sites excluding steroid dienone is 2. The molecule has 4 aliphatic rings. The first-order chi connectivity index (χ1) is 18.9.